The predicted octanol–water partition coefficient (Wildman–Crippen LogP) is 3.14. The summed E-state index contributed by atoms with van der Waals surface area (Å²) in [5.41, 5.74) is 0. The van der Waals surface area contributed by atoms with Gasteiger partial charge < -0.3 is 4.74 Å². The van der Waals surface area contributed by atoms with E-state index >= 15 is 0 Å². The minimum atomic E-state index is 0.110. The molecule has 0 spiro atoms. The highest BCUT2D eigenvalue weighted by atomic mass is 79.9. The lowest BCUT2D eigenvalue weighted by Gasteiger charge is -2.16. The molecule has 5 heteroatoms. The number of hydrogen-bond donors (Lipinski definition) is 0. The molecule has 0 fully saturated rings. The molecule has 0 atom stereocenters. The van der Waals surface area contributed by atoms with Crippen molar-refractivity contribution < 1.29 is 4.74 Å². The second-order valence-corrected chi connectivity index (χ2v) is 6.37. The quantitative estimate of drug-likeness (QED) is 0.614. The smallest absolute Gasteiger partial charge is 0.231 e. The van der Waals surface area contributed by atoms with E-state index in [-0.39, 0.29) is 4.75 Å². The average molecular weight is 277 g/mol. The first-order valence-electron chi connectivity index (χ1n) is 4.18. The third-order valence-electron chi connectivity index (χ3n) is 1.28. The van der Waals surface area contributed by atoms with E-state index in [0.717, 1.165) is 9.63 Å². The molecule has 1 aromatic rings. The zero-order valence-corrected chi connectivity index (χ0v) is 11.1. The van der Waals surface area contributed by atoms with Gasteiger partial charge in [0.1, 0.15) is 0 Å². The SMILES string of the molecule is COc1nc(SC(C)(C)C)ncc1Br. The topological polar surface area (TPSA) is 35.0 Å². The van der Waals surface area contributed by atoms with Crippen LogP contribution in [0.4, 0.5) is 0 Å². The van der Waals surface area contributed by atoms with Gasteiger partial charge in [0.15, 0.2) is 5.16 Å². The molecular formula is C9H13BrN2OS. The Bertz CT molecular complexity index is 325. The van der Waals surface area contributed by atoms with Gasteiger partial charge >= 0.3 is 0 Å². The fraction of sp³-hybridized carbons (Fsp3) is 0.556. The predicted molar refractivity (Wildman–Crippen MR) is 61.9 cm³/mol. The van der Waals surface area contributed by atoms with Crippen LogP contribution in [0.3, 0.4) is 0 Å². The molecule has 0 saturated heterocycles. The van der Waals surface area contributed by atoms with Crippen LogP contribution in [-0.2, 0) is 0 Å². The van der Waals surface area contributed by atoms with Crippen molar-refractivity contribution in [3.8, 4) is 5.88 Å². The molecule has 14 heavy (non-hydrogen) atoms. The average Bonchev–Trinajstić information content (AvgIpc) is 2.06. The normalized spacial score (nSPS) is 11.5. The third-order valence-corrected chi connectivity index (χ3v) is 2.82. The Morgan fingerprint density at radius 1 is 1.43 bits per heavy atom. The Morgan fingerprint density at radius 2 is 2.07 bits per heavy atom. The lowest BCUT2D eigenvalue weighted by Crippen LogP contribution is -2.08. The number of halogens is 1. The van der Waals surface area contributed by atoms with E-state index in [0.29, 0.717) is 5.88 Å². The molecule has 0 aromatic carbocycles. The fourth-order valence-corrected chi connectivity index (χ4v) is 1.94. The maximum atomic E-state index is 5.09. The molecule has 3 nitrogen and oxygen atoms in total. The first-order valence-corrected chi connectivity index (χ1v) is 5.79. The molecule has 0 aliphatic heterocycles. The van der Waals surface area contributed by atoms with E-state index in [1.165, 1.54) is 0 Å². The van der Waals surface area contributed by atoms with Crippen LogP contribution >= 0.6 is 27.7 Å². The van der Waals surface area contributed by atoms with Gasteiger partial charge in [-0.1, -0.05) is 32.5 Å². The summed E-state index contributed by atoms with van der Waals surface area (Å²) in [5, 5.41) is 0.734. The van der Waals surface area contributed by atoms with Gasteiger partial charge in [-0.25, -0.2) is 4.98 Å². The zero-order valence-electron chi connectivity index (χ0n) is 8.67. The molecule has 0 unspecified atom stereocenters. The summed E-state index contributed by atoms with van der Waals surface area (Å²) in [7, 11) is 1.60. The highest BCUT2D eigenvalue weighted by Crippen LogP contribution is 2.31. The largest absolute Gasteiger partial charge is 0.480 e. The number of ether oxygens (including phenoxy) is 1. The van der Waals surface area contributed by atoms with Gasteiger partial charge in [0, 0.05) is 10.9 Å². The van der Waals surface area contributed by atoms with Crippen LogP contribution in [0.5, 0.6) is 5.88 Å². The summed E-state index contributed by atoms with van der Waals surface area (Å²) in [6, 6.07) is 0. The lowest BCUT2D eigenvalue weighted by atomic mass is 10.3. The van der Waals surface area contributed by atoms with E-state index in [4.69, 9.17) is 4.74 Å². The van der Waals surface area contributed by atoms with Crippen LogP contribution in [0.25, 0.3) is 0 Å². The Balaban J connectivity index is 2.90. The standard InChI is InChI=1S/C9H13BrN2OS/c1-9(2,3)14-8-11-5-6(10)7(12-8)13-4/h5H,1-4H3. The number of nitrogens with zero attached hydrogens (tertiary/aromatic N) is 2. The van der Waals surface area contributed by atoms with Crippen LogP contribution in [-0.4, -0.2) is 21.8 Å². The number of rotatable bonds is 2. The van der Waals surface area contributed by atoms with Crippen LogP contribution in [0.2, 0.25) is 0 Å². The first-order chi connectivity index (χ1) is 6.42. The van der Waals surface area contributed by atoms with E-state index in [9.17, 15) is 0 Å². The molecule has 0 amide bonds. The van der Waals surface area contributed by atoms with Crippen molar-refractivity contribution in [3.63, 3.8) is 0 Å². The van der Waals surface area contributed by atoms with E-state index in [2.05, 4.69) is 46.7 Å². The van der Waals surface area contributed by atoms with Crippen molar-refractivity contribution in [3.05, 3.63) is 10.7 Å². The maximum absolute atomic E-state index is 5.09. The van der Waals surface area contributed by atoms with Gasteiger partial charge in [0.05, 0.1) is 11.6 Å². The molecule has 78 valence electrons. The minimum Gasteiger partial charge on any atom is -0.480 e. The summed E-state index contributed by atoms with van der Waals surface area (Å²) in [6.07, 6.45) is 1.71. The Morgan fingerprint density at radius 3 is 2.57 bits per heavy atom. The number of methoxy groups -OCH3 is 1. The molecule has 0 aliphatic rings. The van der Waals surface area contributed by atoms with E-state index in [1.807, 2.05) is 0 Å². The molecule has 0 aliphatic carbocycles. The number of thioether (sulfide) groups is 1. The Labute approximate surface area is 96.8 Å². The van der Waals surface area contributed by atoms with Crippen molar-refractivity contribution in [2.45, 2.75) is 30.7 Å². The second kappa shape index (κ2) is 4.49. The van der Waals surface area contributed by atoms with E-state index in [1.54, 1.807) is 25.1 Å². The molecule has 0 saturated carbocycles. The zero-order chi connectivity index (χ0) is 10.8. The van der Waals surface area contributed by atoms with Crippen molar-refractivity contribution in [2.24, 2.45) is 0 Å². The Kier molecular flexibility index (Phi) is 3.78. The van der Waals surface area contributed by atoms with Gasteiger partial charge in [0.25, 0.3) is 0 Å². The van der Waals surface area contributed by atoms with Crippen LogP contribution < -0.4 is 4.74 Å². The third kappa shape index (κ3) is 3.46. The maximum Gasteiger partial charge on any atom is 0.231 e. The number of aromatic nitrogens is 2. The summed E-state index contributed by atoms with van der Waals surface area (Å²) >= 11 is 4.93. The highest BCUT2D eigenvalue weighted by molar-refractivity contribution is 9.10. The summed E-state index contributed by atoms with van der Waals surface area (Å²) in [6.45, 7) is 6.36. The molecular weight excluding hydrogens is 264 g/mol. The fourth-order valence-electron chi connectivity index (χ4n) is 0.802. The van der Waals surface area contributed by atoms with Crippen LogP contribution in [0, 0.1) is 0 Å². The van der Waals surface area contributed by atoms with Gasteiger partial charge in [-0.3, -0.25) is 0 Å². The van der Waals surface area contributed by atoms with Gasteiger partial charge in [0.2, 0.25) is 5.88 Å². The van der Waals surface area contributed by atoms with Crippen LogP contribution in [0.15, 0.2) is 15.8 Å². The molecule has 0 bridgehead atoms. The van der Waals surface area contributed by atoms with Gasteiger partial charge in [-0.05, 0) is 15.9 Å². The summed E-state index contributed by atoms with van der Waals surface area (Å²) in [4.78, 5) is 8.46. The van der Waals surface area contributed by atoms with Gasteiger partial charge in [-0.2, -0.15) is 4.98 Å². The summed E-state index contributed by atoms with van der Waals surface area (Å²) < 4.78 is 5.97. The monoisotopic (exact) mass is 276 g/mol. The van der Waals surface area contributed by atoms with Crippen molar-refractivity contribution in [2.75, 3.05) is 7.11 Å². The van der Waals surface area contributed by atoms with Crippen molar-refractivity contribution in [1.29, 1.82) is 0 Å². The van der Waals surface area contributed by atoms with Gasteiger partial charge in [-0.15, -0.1) is 0 Å². The molecule has 1 rings (SSSR count). The lowest BCUT2D eigenvalue weighted by molar-refractivity contribution is 0.389. The second-order valence-electron chi connectivity index (χ2n) is 3.72. The molecule has 1 heterocycles. The summed E-state index contributed by atoms with van der Waals surface area (Å²) in [5.74, 6) is 0.576. The van der Waals surface area contributed by atoms with E-state index < -0.39 is 0 Å². The molecule has 1 aromatic heterocycles. The van der Waals surface area contributed by atoms with Crippen molar-refractivity contribution >= 4 is 27.7 Å². The minimum absolute atomic E-state index is 0.110. The highest BCUT2D eigenvalue weighted by Gasteiger charge is 2.15. The number of hydrogen-bond acceptors (Lipinski definition) is 4. The van der Waals surface area contributed by atoms with Crippen LogP contribution in [0.1, 0.15) is 20.8 Å². The molecule has 0 radical (unpaired) electrons. The first kappa shape index (κ1) is 11.8. The Hall–Kier alpha value is -0.290. The van der Waals surface area contributed by atoms with Crippen molar-refractivity contribution in [1.82, 2.24) is 9.97 Å². The molecule has 0 N–H and O–H groups in total.